The largest absolute Gasteiger partial charge is 0.487 e. The van der Waals surface area contributed by atoms with Crippen molar-refractivity contribution in [2.24, 2.45) is 0 Å². The lowest BCUT2D eigenvalue weighted by Gasteiger charge is -2.15. The van der Waals surface area contributed by atoms with Crippen molar-refractivity contribution in [3.8, 4) is 0 Å². The minimum atomic E-state index is -0.411. The molecule has 0 saturated carbocycles. The van der Waals surface area contributed by atoms with Crippen molar-refractivity contribution in [3.05, 3.63) is 76.6 Å². The summed E-state index contributed by atoms with van der Waals surface area (Å²) in [6.07, 6.45) is 0. The van der Waals surface area contributed by atoms with Crippen LogP contribution in [0.25, 0.3) is 0 Å². The van der Waals surface area contributed by atoms with Gasteiger partial charge in [-0.3, -0.25) is 9.59 Å². The third-order valence-corrected chi connectivity index (χ3v) is 4.47. The van der Waals surface area contributed by atoms with Crippen molar-refractivity contribution in [2.45, 2.75) is 6.54 Å². The number of para-hydroxylation sites is 1. The highest BCUT2D eigenvalue weighted by atomic mass is 32.2. The van der Waals surface area contributed by atoms with Crippen LogP contribution < -0.4 is 10.6 Å². The van der Waals surface area contributed by atoms with Crippen LogP contribution in [0, 0.1) is 5.82 Å². The molecular formula is C19H17FN2O3S. The van der Waals surface area contributed by atoms with Gasteiger partial charge in [0.15, 0.2) is 5.76 Å². The third kappa shape index (κ3) is 4.43. The number of hydrogen-bond acceptors (Lipinski definition) is 4. The summed E-state index contributed by atoms with van der Waals surface area (Å²) < 4.78 is 19.0. The molecule has 0 aromatic heterocycles. The Morgan fingerprint density at radius 2 is 1.85 bits per heavy atom. The molecule has 0 fully saturated rings. The molecule has 1 aliphatic rings. The molecule has 0 spiro atoms. The summed E-state index contributed by atoms with van der Waals surface area (Å²) in [6, 6.07) is 12.9. The second-order valence-electron chi connectivity index (χ2n) is 5.48. The van der Waals surface area contributed by atoms with E-state index < -0.39 is 11.8 Å². The summed E-state index contributed by atoms with van der Waals surface area (Å²) in [4.78, 5) is 24.7. The van der Waals surface area contributed by atoms with E-state index >= 15 is 0 Å². The Kier molecular flexibility index (Phi) is 5.91. The molecule has 134 valence electrons. The first kappa shape index (κ1) is 18.0. The Labute approximate surface area is 154 Å². The van der Waals surface area contributed by atoms with E-state index in [-0.39, 0.29) is 18.1 Å². The molecule has 0 bridgehead atoms. The van der Waals surface area contributed by atoms with E-state index in [9.17, 15) is 14.0 Å². The van der Waals surface area contributed by atoms with Crippen LogP contribution in [0.4, 0.5) is 10.1 Å². The van der Waals surface area contributed by atoms with Crippen LogP contribution in [0.5, 0.6) is 0 Å². The lowest BCUT2D eigenvalue weighted by Crippen LogP contribution is -2.26. The maximum absolute atomic E-state index is 13.7. The number of benzene rings is 2. The second kappa shape index (κ2) is 8.53. The molecular weight excluding hydrogens is 355 g/mol. The first-order chi connectivity index (χ1) is 12.6. The van der Waals surface area contributed by atoms with Crippen LogP contribution in [0.15, 0.2) is 59.7 Å². The molecule has 0 radical (unpaired) electrons. The highest BCUT2D eigenvalue weighted by Gasteiger charge is 2.18. The molecule has 3 rings (SSSR count). The van der Waals surface area contributed by atoms with Gasteiger partial charge >= 0.3 is 0 Å². The molecule has 26 heavy (non-hydrogen) atoms. The number of ether oxygens (including phenoxy) is 1. The minimum Gasteiger partial charge on any atom is -0.487 e. The van der Waals surface area contributed by atoms with Gasteiger partial charge < -0.3 is 15.4 Å². The van der Waals surface area contributed by atoms with E-state index in [0.29, 0.717) is 23.4 Å². The summed E-state index contributed by atoms with van der Waals surface area (Å²) in [5.41, 5.74) is 1.05. The number of carbonyl (C=O) groups excluding carboxylic acids is 2. The molecule has 2 aromatic rings. The van der Waals surface area contributed by atoms with Gasteiger partial charge in [0.2, 0.25) is 0 Å². The fourth-order valence-electron chi connectivity index (χ4n) is 2.37. The molecule has 0 unspecified atom stereocenters. The minimum absolute atomic E-state index is 0.0543. The zero-order valence-electron chi connectivity index (χ0n) is 13.8. The summed E-state index contributed by atoms with van der Waals surface area (Å²) in [5, 5.41) is 7.01. The van der Waals surface area contributed by atoms with E-state index in [2.05, 4.69) is 10.6 Å². The van der Waals surface area contributed by atoms with Gasteiger partial charge in [-0.05, 0) is 18.2 Å². The number of rotatable bonds is 5. The topological polar surface area (TPSA) is 67.4 Å². The highest BCUT2D eigenvalue weighted by molar-refractivity contribution is 8.02. The zero-order chi connectivity index (χ0) is 18.4. The van der Waals surface area contributed by atoms with Gasteiger partial charge in [-0.15, -0.1) is 11.8 Å². The smallest absolute Gasteiger partial charge is 0.291 e. The maximum Gasteiger partial charge on any atom is 0.291 e. The SMILES string of the molecule is O=C(Nc1ccccc1C(=O)NCc1ccccc1F)C1=CSCCO1. The van der Waals surface area contributed by atoms with E-state index in [1.54, 1.807) is 47.9 Å². The van der Waals surface area contributed by atoms with Crippen LogP contribution in [0.1, 0.15) is 15.9 Å². The van der Waals surface area contributed by atoms with Gasteiger partial charge in [0.1, 0.15) is 5.82 Å². The number of anilines is 1. The van der Waals surface area contributed by atoms with Crippen LogP contribution >= 0.6 is 11.8 Å². The van der Waals surface area contributed by atoms with Gasteiger partial charge in [-0.25, -0.2) is 4.39 Å². The molecule has 7 heteroatoms. The second-order valence-corrected chi connectivity index (χ2v) is 6.45. The van der Waals surface area contributed by atoms with Gasteiger partial charge in [0, 0.05) is 23.3 Å². The van der Waals surface area contributed by atoms with Crippen LogP contribution in [0.3, 0.4) is 0 Å². The zero-order valence-corrected chi connectivity index (χ0v) is 14.6. The monoisotopic (exact) mass is 372 g/mol. The fourth-order valence-corrected chi connectivity index (χ4v) is 3.00. The van der Waals surface area contributed by atoms with Gasteiger partial charge in [-0.2, -0.15) is 0 Å². The van der Waals surface area contributed by atoms with Crippen molar-refractivity contribution in [1.82, 2.24) is 5.32 Å². The predicted molar refractivity (Wildman–Crippen MR) is 99.1 cm³/mol. The van der Waals surface area contributed by atoms with Crippen molar-refractivity contribution >= 4 is 29.3 Å². The van der Waals surface area contributed by atoms with E-state index in [0.717, 1.165) is 5.75 Å². The summed E-state index contributed by atoms with van der Waals surface area (Å²) in [7, 11) is 0. The van der Waals surface area contributed by atoms with Gasteiger partial charge in [0.25, 0.3) is 11.8 Å². The number of nitrogens with one attached hydrogen (secondary N) is 2. The van der Waals surface area contributed by atoms with Gasteiger partial charge in [-0.1, -0.05) is 30.3 Å². The maximum atomic E-state index is 13.7. The normalized spacial score (nSPS) is 13.3. The predicted octanol–water partition coefficient (Wildman–Crippen LogP) is 3.30. The van der Waals surface area contributed by atoms with Crippen molar-refractivity contribution in [2.75, 3.05) is 17.7 Å². The Morgan fingerprint density at radius 3 is 2.62 bits per heavy atom. The standard InChI is InChI=1S/C19H17FN2O3S/c20-15-7-3-1-5-13(15)11-21-18(23)14-6-2-4-8-16(14)22-19(24)17-12-26-10-9-25-17/h1-8,12H,9-11H2,(H,21,23)(H,22,24). The van der Waals surface area contributed by atoms with Crippen molar-refractivity contribution < 1.29 is 18.7 Å². The molecule has 0 atom stereocenters. The molecule has 1 aliphatic heterocycles. The quantitative estimate of drug-likeness (QED) is 0.845. The summed E-state index contributed by atoms with van der Waals surface area (Å²) in [6.45, 7) is 0.521. The number of carbonyl (C=O) groups is 2. The number of thioether (sulfide) groups is 1. The average Bonchev–Trinajstić information content (AvgIpc) is 2.68. The fraction of sp³-hybridized carbons (Fsp3) is 0.158. The van der Waals surface area contributed by atoms with E-state index in [4.69, 9.17) is 4.74 Å². The molecule has 1 heterocycles. The molecule has 2 aromatic carbocycles. The molecule has 2 N–H and O–H groups in total. The first-order valence-electron chi connectivity index (χ1n) is 8.01. The summed E-state index contributed by atoms with van der Waals surface area (Å²) in [5.74, 6) is -0.175. The molecule has 0 aliphatic carbocycles. The van der Waals surface area contributed by atoms with Crippen LogP contribution in [-0.4, -0.2) is 24.2 Å². The van der Waals surface area contributed by atoms with Crippen LogP contribution in [0.2, 0.25) is 0 Å². The van der Waals surface area contributed by atoms with E-state index in [1.807, 2.05) is 0 Å². The Bertz CT molecular complexity index is 854. The Hall–Kier alpha value is -2.80. The van der Waals surface area contributed by atoms with Crippen LogP contribution in [-0.2, 0) is 16.1 Å². The van der Waals surface area contributed by atoms with Crippen molar-refractivity contribution in [1.29, 1.82) is 0 Å². The Morgan fingerprint density at radius 1 is 1.08 bits per heavy atom. The summed E-state index contributed by atoms with van der Waals surface area (Å²) >= 11 is 1.50. The lowest BCUT2D eigenvalue weighted by atomic mass is 10.1. The third-order valence-electron chi connectivity index (χ3n) is 3.69. The number of halogens is 1. The first-order valence-corrected chi connectivity index (χ1v) is 9.06. The number of amides is 2. The number of hydrogen-bond donors (Lipinski definition) is 2. The average molecular weight is 372 g/mol. The molecule has 2 amide bonds. The lowest BCUT2D eigenvalue weighted by molar-refractivity contribution is -0.116. The Balaban J connectivity index is 1.70. The highest BCUT2D eigenvalue weighted by Crippen LogP contribution is 2.20. The molecule has 0 saturated heterocycles. The van der Waals surface area contributed by atoms with Gasteiger partial charge in [0.05, 0.1) is 17.9 Å². The van der Waals surface area contributed by atoms with E-state index in [1.165, 1.54) is 17.8 Å². The molecule has 5 nitrogen and oxygen atoms in total. The van der Waals surface area contributed by atoms with Crippen molar-refractivity contribution in [3.63, 3.8) is 0 Å².